The highest BCUT2D eigenvalue weighted by Crippen LogP contribution is 2.29. The van der Waals surface area contributed by atoms with Crippen LogP contribution < -0.4 is 16.0 Å². The molecule has 2 heterocycles. The average molecular weight is 341 g/mol. The standard InChI is InChI=1S/C16H15N5O4/c1-9(25-16(24)13-14(17)19-7-6-18-13)15(23)21-8-12(22)20-10-4-2-3-5-11(10)21/h2-7,9H,8H2,1H3,(H2,17,19)(H,20,22). The fraction of sp³-hybridized carbons (Fsp3) is 0.188. The molecule has 3 rings (SSSR count). The Morgan fingerprint density at radius 3 is 2.76 bits per heavy atom. The Balaban J connectivity index is 1.78. The molecule has 9 heteroatoms. The van der Waals surface area contributed by atoms with Gasteiger partial charge in [0, 0.05) is 12.4 Å². The zero-order chi connectivity index (χ0) is 18.0. The van der Waals surface area contributed by atoms with Gasteiger partial charge in [0.15, 0.2) is 17.6 Å². The zero-order valence-corrected chi connectivity index (χ0v) is 13.3. The number of carbonyl (C=O) groups is 3. The maximum absolute atomic E-state index is 12.7. The second-order valence-electron chi connectivity index (χ2n) is 5.33. The minimum absolute atomic E-state index is 0.0881. The van der Waals surface area contributed by atoms with Crippen LogP contribution in [0.4, 0.5) is 17.2 Å². The Morgan fingerprint density at radius 2 is 2.00 bits per heavy atom. The third-order valence-corrected chi connectivity index (χ3v) is 3.59. The van der Waals surface area contributed by atoms with Crippen LogP contribution in [0.2, 0.25) is 0 Å². The van der Waals surface area contributed by atoms with E-state index in [4.69, 9.17) is 10.5 Å². The van der Waals surface area contributed by atoms with Gasteiger partial charge in [-0.1, -0.05) is 12.1 Å². The smallest absolute Gasteiger partial charge is 0.361 e. The molecule has 0 aliphatic carbocycles. The first-order valence-electron chi connectivity index (χ1n) is 7.45. The molecule has 1 aromatic carbocycles. The summed E-state index contributed by atoms with van der Waals surface area (Å²) >= 11 is 0. The number of fused-ring (bicyclic) bond motifs is 1. The van der Waals surface area contributed by atoms with Gasteiger partial charge in [0.2, 0.25) is 5.91 Å². The van der Waals surface area contributed by atoms with Gasteiger partial charge in [-0.15, -0.1) is 0 Å². The van der Waals surface area contributed by atoms with E-state index in [2.05, 4.69) is 15.3 Å². The molecule has 1 aromatic heterocycles. The van der Waals surface area contributed by atoms with E-state index in [0.29, 0.717) is 11.4 Å². The minimum Gasteiger partial charge on any atom is -0.448 e. The maximum atomic E-state index is 12.7. The number of hydrogen-bond donors (Lipinski definition) is 2. The topological polar surface area (TPSA) is 128 Å². The number of carbonyl (C=O) groups excluding carboxylic acids is 3. The fourth-order valence-corrected chi connectivity index (χ4v) is 2.42. The van der Waals surface area contributed by atoms with Gasteiger partial charge >= 0.3 is 5.97 Å². The van der Waals surface area contributed by atoms with Crippen LogP contribution in [0, 0.1) is 0 Å². The Kier molecular flexibility index (Phi) is 4.29. The average Bonchev–Trinajstić information content (AvgIpc) is 2.60. The lowest BCUT2D eigenvalue weighted by atomic mass is 10.1. The monoisotopic (exact) mass is 341 g/mol. The van der Waals surface area contributed by atoms with Crippen molar-refractivity contribution in [1.82, 2.24) is 9.97 Å². The number of rotatable bonds is 3. The van der Waals surface area contributed by atoms with Crippen molar-refractivity contribution in [3.05, 3.63) is 42.4 Å². The van der Waals surface area contributed by atoms with Crippen molar-refractivity contribution < 1.29 is 19.1 Å². The molecule has 0 fully saturated rings. The number of para-hydroxylation sites is 2. The molecule has 1 aliphatic rings. The fourth-order valence-electron chi connectivity index (χ4n) is 2.42. The number of anilines is 3. The normalized spacial score (nSPS) is 14.3. The number of hydrogen-bond acceptors (Lipinski definition) is 7. The van der Waals surface area contributed by atoms with Crippen LogP contribution in [0.3, 0.4) is 0 Å². The van der Waals surface area contributed by atoms with Crippen LogP contribution >= 0.6 is 0 Å². The molecule has 25 heavy (non-hydrogen) atoms. The number of amides is 2. The molecule has 0 radical (unpaired) electrons. The second kappa shape index (κ2) is 6.56. The predicted molar refractivity (Wildman–Crippen MR) is 88.7 cm³/mol. The number of aromatic nitrogens is 2. The van der Waals surface area contributed by atoms with E-state index in [1.165, 1.54) is 24.2 Å². The Hall–Kier alpha value is -3.49. The Labute approximate surface area is 142 Å². The number of nitrogens with two attached hydrogens (primary N) is 1. The lowest BCUT2D eigenvalue weighted by molar-refractivity contribution is -0.128. The number of benzene rings is 1. The van der Waals surface area contributed by atoms with Crippen LogP contribution in [0.1, 0.15) is 17.4 Å². The van der Waals surface area contributed by atoms with Gasteiger partial charge in [-0.25, -0.2) is 14.8 Å². The van der Waals surface area contributed by atoms with Gasteiger partial charge in [-0.3, -0.25) is 14.5 Å². The highest BCUT2D eigenvalue weighted by Gasteiger charge is 2.32. The molecule has 0 saturated heterocycles. The molecule has 0 saturated carbocycles. The second-order valence-corrected chi connectivity index (χ2v) is 5.33. The van der Waals surface area contributed by atoms with E-state index < -0.39 is 18.0 Å². The minimum atomic E-state index is -1.13. The van der Waals surface area contributed by atoms with Crippen molar-refractivity contribution in [3.63, 3.8) is 0 Å². The third-order valence-electron chi connectivity index (χ3n) is 3.59. The Morgan fingerprint density at radius 1 is 1.28 bits per heavy atom. The van der Waals surface area contributed by atoms with Crippen LogP contribution in [0.25, 0.3) is 0 Å². The summed E-state index contributed by atoms with van der Waals surface area (Å²) in [5.41, 5.74) is 6.46. The van der Waals surface area contributed by atoms with Crippen molar-refractivity contribution in [2.75, 3.05) is 22.5 Å². The number of nitrogens with one attached hydrogen (secondary N) is 1. The van der Waals surface area contributed by atoms with E-state index in [1.54, 1.807) is 24.3 Å². The largest absolute Gasteiger partial charge is 0.448 e. The van der Waals surface area contributed by atoms with Gasteiger partial charge in [0.1, 0.15) is 6.54 Å². The summed E-state index contributed by atoms with van der Waals surface area (Å²) in [6.07, 6.45) is 1.50. The highest BCUT2D eigenvalue weighted by atomic mass is 16.5. The first-order valence-corrected chi connectivity index (χ1v) is 7.45. The first kappa shape index (κ1) is 16.4. The molecule has 1 aliphatic heterocycles. The van der Waals surface area contributed by atoms with E-state index in [9.17, 15) is 14.4 Å². The molecule has 0 bridgehead atoms. The van der Waals surface area contributed by atoms with Crippen LogP contribution in [0.5, 0.6) is 0 Å². The van der Waals surface area contributed by atoms with Crippen molar-refractivity contribution >= 4 is 35.0 Å². The summed E-state index contributed by atoms with van der Waals surface area (Å²) in [4.78, 5) is 45.4. The molecule has 1 atom stereocenters. The molecular weight excluding hydrogens is 326 g/mol. The van der Waals surface area contributed by atoms with Gasteiger partial charge < -0.3 is 15.8 Å². The number of esters is 1. The SMILES string of the molecule is CC(OC(=O)c1nccnc1N)C(=O)N1CC(=O)Nc2ccccc21. The third kappa shape index (κ3) is 3.25. The quantitative estimate of drug-likeness (QED) is 0.782. The van der Waals surface area contributed by atoms with Crippen molar-refractivity contribution in [2.24, 2.45) is 0 Å². The molecule has 0 spiro atoms. The summed E-state index contributed by atoms with van der Waals surface area (Å²) in [5.74, 6) is -1.81. The molecular formula is C16H15N5O4. The Bertz CT molecular complexity index is 854. The van der Waals surface area contributed by atoms with E-state index >= 15 is 0 Å². The molecule has 3 N–H and O–H groups in total. The van der Waals surface area contributed by atoms with Crippen LogP contribution in [0.15, 0.2) is 36.7 Å². The van der Waals surface area contributed by atoms with Crippen LogP contribution in [-0.2, 0) is 14.3 Å². The maximum Gasteiger partial charge on any atom is 0.361 e. The number of nitrogen functional groups attached to an aromatic ring is 1. The number of nitrogens with zero attached hydrogens (tertiary/aromatic N) is 3. The van der Waals surface area contributed by atoms with Gasteiger partial charge in [-0.05, 0) is 19.1 Å². The molecule has 2 aromatic rings. The van der Waals surface area contributed by atoms with Crippen molar-refractivity contribution in [2.45, 2.75) is 13.0 Å². The van der Waals surface area contributed by atoms with Gasteiger partial charge in [0.05, 0.1) is 11.4 Å². The lowest BCUT2D eigenvalue weighted by Crippen LogP contribution is -2.47. The van der Waals surface area contributed by atoms with Crippen molar-refractivity contribution in [3.8, 4) is 0 Å². The molecule has 2 amide bonds. The van der Waals surface area contributed by atoms with Crippen LogP contribution in [-0.4, -0.2) is 40.4 Å². The summed E-state index contributed by atoms with van der Waals surface area (Å²) in [7, 11) is 0. The summed E-state index contributed by atoms with van der Waals surface area (Å²) in [6, 6.07) is 6.87. The predicted octanol–water partition coefficient (Wildman–Crippen LogP) is 0.589. The van der Waals surface area contributed by atoms with Gasteiger partial charge in [0.25, 0.3) is 5.91 Å². The summed E-state index contributed by atoms with van der Waals surface area (Å²) in [6.45, 7) is 1.26. The zero-order valence-electron chi connectivity index (χ0n) is 13.3. The highest BCUT2D eigenvalue weighted by molar-refractivity contribution is 6.11. The number of ether oxygens (including phenoxy) is 1. The lowest BCUT2D eigenvalue weighted by Gasteiger charge is -2.30. The first-order chi connectivity index (χ1) is 12.0. The summed E-state index contributed by atoms with van der Waals surface area (Å²) in [5, 5.41) is 2.68. The molecule has 9 nitrogen and oxygen atoms in total. The van der Waals surface area contributed by atoms with Gasteiger partial charge in [-0.2, -0.15) is 0 Å². The van der Waals surface area contributed by atoms with Crippen molar-refractivity contribution in [1.29, 1.82) is 0 Å². The molecule has 1 unspecified atom stereocenters. The van der Waals surface area contributed by atoms with E-state index in [0.717, 1.165) is 0 Å². The summed E-state index contributed by atoms with van der Waals surface area (Å²) < 4.78 is 5.14. The molecule has 128 valence electrons. The van der Waals surface area contributed by atoms with E-state index in [-0.39, 0.29) is 24.0 Å². The van der Waals surface area contributed by atoms with E-state index in [1.807, 2.05) is 0 Å².